The van der Waals surface area contributed by atoms with E-state index in [0.29, 0.717) is 24.9 Å². The van der Waals surface area contributed by atoms with Gasteiger partial charge >= 0.3 is 0 Å². The van der Waals surface area contributed by atoms with E-state index in [9.17, 15) is 0 Å². The molecule has 1 aliphatic heterocycles. The van der Waals surface area contributed by atoms with Crippen molar-refractivity contribution in [2.45, 2.75) is 13.5 Å². The largest absolute Gasteiger partial charge is 0.493 e. The molecule has 2 aromatic rings. The van der Waals surface area contributed by atoms with Crippen LogP contribution in [0.15, 0.2) is 47.5 Å². The highest BCUT2D eigenvalue weighted by Crippen LogP contribution is 2.30. The first-order valence-corrected chi connectivity index (χ1v) is 9.93. The summed E-state index contributed by atoms with van der Waals surface area (Å²) in [7, 11) is 3.39. The molecule has 0 saturated carbocycles. The topological polar surface area (TPSA) is 67.4 Å². The van der Waals surface area contributed by atoms with Crippen LogP contribution in [0, 0.1) is 0 Å². The lowest BCUT2D eigenvalue weighted by Crippen LogP contribution is -2.36. The number of rotatable bonds is 7. The van der Waals surface area contributed by atoms with Gasteiger partial charge in [0.15, 0.2) is 17.5 Å². The molecule has 0 aromatic heterocycles. The van der Waals surface area contributed by atoms with Gasteiger partial charge in [-0.3, -0.25) is 4.99 Å². The molecule has 3 rings (SSSR count). The Morgan fingerprint density at radius 1 is 1.10 bits per heavy atom. The maximum absolute atomic E-state index is 5.56. The second-order valence-electron chi connectivity index (χ2n) is 6.62. The molecular weight excluding hydrogens is 495 g/mol. The van der Waals surface area contributed by atoms with Gasteiger partial charge in [-0.05, 0) is 36.8 Å². The molecule has 0 unspecified atom stereocenters. The summed E-state index contributed by atoms with van der Waals surface area (Å²) in [4.78, 5) is 6.65. The summed E-state index contributed by atoms with van der Waals surface area (Å²) in [6.07, 6.45) is 0. The molecule has 1 aliphatic rings. The highest BCUT2D eigenvalue weighted by Gasteiger charge is 2.11. The first-order chi connectivity index (χ1) is 14.2. The normalized spacial score (nSPS) is 14.0. The van der Waals surface area contributed by atoms with Crippen LogP contribution in [-0.2, 0) is 11.3 Å². The maximum Gasteiger partial charge on any atom is 0.195 e. The minimum absolute atomic E-state index is 0. The van der Waals surface area contributed by atoms with E-state index < -0.39 is 0 Å². The van der Waals surface area contributed by atoms with Crippen molar-refractivity contribution in [2.75, 3.05) is 57.3 Å². The van der Waals surface area contributed by atoms with Crippen LogP contribution in [0.25, 0.3) is 0 Å². The Morgan fingerprint density at radius 2 is 1.83 bits per heavy atom. The minimum Gasteiger partial charge on any atom is -0.493 e. The summed E-state index contributed by atoms with van der Waals surface area (Å²) < 4.78 is 16.4. The molecule has 1 saturated heterocycles. The van der Waals surface area contributed by atoms with Gasteiger partial charge in [0.1, 0.15) is 0 Å². The van der Waals surface area contributed by atoms with Gasteiger partial charge in [0.2, 0.25) is 0 Å². The first-order valence-electron chi connectivity index (χ1n) is 9.93. The van der Waals surface area contributed by atoms with Crippen LogP contribution in [0.3, 0.4) is 0 Å². The van der Waals surface area contributed by atoms with Gasteiger partial charge in [0.25, 0.3) is 0 Å². The number of nitrogens with zero attached hydrogens (tertiary/aromatic N) is 2. The number of halogens is 1. The summed E-state index contributed by atoms with van der Waals surface area (Å²) in [5, 5.41) is 6.63. The van der Waals surface area contributed by atoms with Crippen LogP contribution in [0.2, 0.25) is 0 Å². The summed E-state index contributed by atoms with van der Waals surface area (Å²) in [5.74, 6) is 2.10. The molecular formula is C22H31IN4O3. The van der Waals surface area contributed by atoms with E-state index in [4.69, 9.17) is 14.2 Å². The fourth-order valence-corrected chi connectivity index (χ4v) is 3.17. The van der Waals surface area contributed by atoms with E-state index in [1.165, 1.54) is 11.3 Å². The zero-order valence-corrected chi connectivity index (χ0v) is 20.1. The first kappa shape index (κ1) is 24.1. The van der Waals surface area contributed by atoms with Crippen LogP contribution >= 0.6 is 24.0 Å². The SMILES string of the molecule is CCOc1ccc(NC(=NC)NCc2ccc(N3CCOCC3)cc2)cc1OC.I. The number of hydrogen-bond acceptors (Lipinski definition) is 5. The highest BCUT2D eigenvalue weighted by atomic mass is 127. The standard InChI is InChI=1S/C22H30N4O3.HI/c1-4-29-20-10-7-18(15-21(20)27-3)25-22(23-2)24-16-17-5-8-19(9-6-17)26-11-13-28-14-12-26;/h5-10,15H,4,11-14,16H2,1-3H3,(H2,23,24,25);1H. The quantitative estimate of drug-likeness (QED) is 0.326. The van der Waals surface area contributed by atoms with Gasteiger partial charge in [-0.25, -0.2) is 0 Å². The van der Waals surface area contributed by atoms with Crippen molar-refractivity contribution in [2.24, 2.45) is 4.99 Å². The number of hydrogen-bond donors (Lipinski definition) is 2. The fraction of sp³-hybridized carbons (Fsp3) is 0.409. The predicted molar refractivity (Wildman–Crippen MR) is 133 cm³/mol. The van der Waals surface area contributed by atoms with E-state index >= 15 is 0 Å². The Morgan fingerprint density at radius 3 is 2.47 bits per heavy atom. The number of anilines is 2. The zero-order valence-electron chi connectivity index (χ0n) is 17.8. The van der Waals surface area contributed by atoms with Crippen molar-refractivity contribution in [3.05, 3.63) is 48.0 Å². The lowest BCUT2D eigenvalue weighted by molar-refractivity contribution is 0.122. The van der Waals surface area contributed by atoms with E-state index in [0.717, 1.165) is 37.7 Å². The smallest absolute Gasteiger partial charge is 0.195 e. The molecule has 0 amide bonds. The molecule has 0 radical (unpaired) electrons. The van der Waals surface area contributed by atoms with Crippen molar-refractivity contribution in [3.63, 3.8) is 0 Å². The van der Waals surface area contributed by atoms with Crippen molar-refractivity contribution in [1.29, 1.82) is 0 Å². The molecule has 0 aliphatic carbocycles. The molecule has 164 valence electrons. The second-order valence-corrected chi connectivity index (χ2v) is 6.62. The maximum atomic E-state index is 5.56. The molecule has 2 aromatic carbocycles. The van der Waals surface area contributed by atoms with Crippen LogP contribution in [-0.4, -0.2) is 53.0 Å². The van der Waals surface area contributed by atoms with Crippen molar-refractivity contribution >= 4 is 41.3 Å². The van der Waals surface area contributed by atoms with Gasteiger partial charge in [-0.15, -0.1) is 24.0 Å². The Kier molecular flexibility index (Phi) is 10.0. The Bertz CT molecular complexity index is 809. The zero-order chi connectivity index (χ0) is 20.5. The molecule has 2 N–H and O–H groups in total. The lowest BCUT2D eigenvalue weighted by atomic mass is 10.2. The van der Waals surface area contributed by atoms with E-state index in [1.54, 1.807) is 14.2 Å². The molecule has 30 heavy (non-hydrogen) atoms. The molecule has 0 spiro atoms. The average Bonchev–Trinajstić information content (AvgIpc) is 2.78. The van der Waals surface area contributed by atoms with E-state index in [1.807, 2.05) is 25.1 Å². The Labute approximate surface area is 195 Å². The molecule has 0 bridgehead atoms. The van der Waals surface area contributed by atoms with E-state index in [-0.39, 0.29) is 24.0 Å². The third-order valence-electron chi connectivity index (χ3n) is 4.72. The van der Waals surface area contributed by atoms with Crippen molar-refractivity contribution in [3.8, 4) is 11.5 Å². The molecule has 7 nitrogen and oxygen atoms in total. The van der Waals surface area contributed by atoms with E-state index in [2.05, 4.69) is 44.8 Å². The fourth-order valence-electron chi connectivity index (χ4n) is 3.17. The molecule has 1 heterocycles. The number of morpholine rings is 1. The summed E-state index contributed by atoms with van der Waals surface area (Å²) in [6, 6.07) is 14.3. The average molecular weight is 526 g/mol. The molecule has 1 fully saturated rings. The van der Waals surface area contributed by atoms with Crippen LogP contribution in [0.4, 0.5) is 11.4 Å². The van der Waals surface area contributed by atoms with Gasteiger partial charge < -0.3 is 29.7 Å². The molecule has 8 heteroatoms. The summed E-state index contributed by atoms with van der Waals surface area (Å²) in [5.41, 5.74) is 3.30. The third-order valence-corrected chi connectivity index (χ3v) is 4.72. The minimum atomic E-state index is 0. The third kappa shape index (κ3) is 6.66. The van der Waals surface area contributed by atoms with Crippen molar-refractivity contribution < 1.29 is 14.2 Å². The van der Waals surface area contributed by atoms with Gasteiger partial charge in [0, 0.05) is 44.1 Å². The van der Waals surface area contributed by atoms with Gasteiger partial charge in [0.05, 0.1) is 26.9 Å². The van der Waals surface area contributed by atoms with Crippen LogP contribution in [0.5, 0.6) is 11.5 Å². The van der Waals surface area contributed by atoms with Crippen molar-refractivity contribution in [1.82, 2.24) is 5.32 Å². The number of methoxy groups -OCH3 is 1. The predicted octanol–water partition coefficient (Wildman–Crippen LogP) is 3.74. The van der Waals surface area contributed by atoms with Gasteiger partial charge in [-0.2, -0.15) is 0 Å². The highest BCUT2D eigenvalue weighted by molar-refractivity contribution is 14.0. The Hall–Kier alpha value is -2.20. The lowest BCUT2D eigenvalue weighted by Gasteiger charge is -2.28. The van der Waals surface area contributed by atoms with Gasteiger partial charge in [-0.1, -0.05) is 12.1 Å². The monoisotopic (exact) mass is 526 g/mol. The number of nitrogens with one attached hydrogen (secondary N) is 2. The van der Waals surface area contributed by atoms with Crippen LogP contribution < -0.4 is 25.0 Å². The number of ether oxygens (including phenoxy) is 3. The summed E-state index contributed by atoms with van der Waals surface area (Å²) >= 11 is 0. The number of aliphatic imine (C=N–C) groups is 1. The summed E-state index contributed by atoms with van der Waals surface area (Å²) in [6.45, 7) is 6.70. The molecule has 0 atom stereocenters. The second kappa shape index (κ2) is 12.5. The number of benzene rings is 2. The Balaban J connectivity index is 0.00000320. The number of guanidine groups is 1. The van der Waals surface area contributed by atoms with Crippen LogP contribution in [0.1, 0.15) is 12.5 Å².